The number of benzene rings is 1. The van der Waals surface area contributed by atoms with E-state index in [4.69, 9.17) is 9.47 Å². The number of fused-ring (bicyclic) bond motifs is 3. The summed E-state index contributed by atoms with van der Waals surface area (Å²) in [5, 5.41) is 3.28. The summed E-state index contributed by atoms with van der Waals surface area (Å²) in [6.45, 7) is 1.15. The summed E-state index contributed by atoms with van der Waals surface area (Å²) in [5.41, 5.74) is 1.94. The molecule has 110 valence electrons. The van der Waals surface area contributed by atoms with E-state index in [1.54, 1.807) is 14.2 Å². The number of rotatable bonds is 2. The second-order valence-corrected chi connectivity index (χ2v) is 7.30. The molecule has 2 aliphatic rings. The van der Waals surface area contributed by atoms with Crippen molar-refractivity contribution in [2.75, 3.05) is 49.0 Å². The molecule has 6 nitrogen and oxygen atoms in total. The van der Waals surface area contributed by atoms with Gasteiger partial charge in [0.1, 0.15) is 0 Å². The molecule has 0 amide bonds. The van der Waals surface area contributed by atoms with E-state index in [1.165, 1.54) is 0 Å². The monoisotopic (exact) mass is 298 g/mol. The van der Waals surface area contributed by atoms with Crippen molar-refractivity contribution in [3.63, 3.8) is 0 Å². The maximum atomic E-state index is 11.7. The molecule has 0 bridgehead atoms. The van der Waals surface area contributed by atoms with Crippen molar-refractivity contribution in [2.24, 2.45) is 0 Å². The summed E-state index contributed by atoms with van der Waals surface area (Å²) in [5.74, 6) is 1.73. The molecule has 0 aromatic heterocycles. The molecule has 0 spiro atoms. The molecule has 3 rings (SSSR count). The van der Waals surface area contributed by atoms with E-state index in [9.17, 15) is 8.42 Å². The van der Waals surface area contributed by atoms with Gasteiger partial charge < -0.3 is 19.7 Å². The van der Waals surface area contributed by atoms with Crippen LogP contribution in [-0.4, -0.2) is 53.3 Å². The number of ether oxygens (including phenoxy) is 2. The van der Waals surface area contributed by atoms with E-state index in [2.05, 4.69) is 10.2 Å². The highest BCUT2D eigenvalue weighted by atomic mass is 32.2. The first-order chi connectivity index (χ1) is 9.54. The van der Waals surface area contributed by atoms with E-state index < -0.39 is 9.84 Å². The Morgan fingerprint density at radius 2 is 1.95 bits per heavy atom. The Morgan fingerprint density at radius 3 is 2.65 bits per heavy atom. The van der Waals surface area contributed by atoms with Crippen LogP contribution in [0.15, 0.2) is 12.1 Å². The third-order valence-electron chi connectivity index (χ3n) is 3.87. The van der Waals surface area contributed by atoms with Gasteiger partial charge in [-0.1, -0.05) is 0 Å². The summed E-state index contributed by atoms with van der Waals surface area (Å²) in [6.07, 6.45) is 0. The summed E-state index contributed by atoms with van der Waals surface area (Å²) in [7, 11) is 0.275. The van der Waals surface area contributed by atoms with Gasteiger partial charge in [0.25, 0.3) is 0 Å². The number of anilines is 2. The maximum Gasteiger partial charge on any atom is 0.162 e. The molecular formula is C13H18N2O4S. The lowest BCUT2D eigenvalue weighted by molar-refractivity contribution is 0.355. The Labute approximate surface area is 118 Å². The molecule has 0 radical (unpaired) electrons. The van der Waals surface area contributed by atoms with Crippen LogP contribution in [0.4, 0.5) is 11.4 Å². The van der Waals surface area contributed by atoms with E-state index in [-0.39, 0.29) is 17.5 Å². The molecular weight excluding hydrogens is 280 g/mol. The van der Waals surface area contributed by atoms with Crippen molar-refractivity contribution in [3.8, 4) is 11.5 Å². The van der Waals surface area contributed by atoms with Crippen LogP contribution in [0.2, 0.25) is 0 Å². The SMILES string of the molecule is COc1cc2c(cc1OC)N1CCS(=O)(=O)CC1CN2. The van der Waals surface area contributed by atoms with Gasteiger partial charge in [-0.3, -0.25) is 0 Å². The van der Waals surface area contributed by atoms with Gasteiger partial charge in [0, 0.05) is 25.2 Å². The fourth-order valence-corrected chi connectivity index (χ4v) is 4.37. The van der Waals surface area contributed by atoms with E-state index in [0.717, 1.165) is 11.4 Å². The fraction of sp³-hybridized carbons (Fsp3) is 0.538. The molecule has 2 aliphatic heterocycles. The first-order valence-corrected chi connectivity index (χ1v) is 8.33. The van der Waals surface area contributed by atoms with Crippen LogP contribution in [0.25, 0.3) is 0 Å². The van der Waals surface area contributed by atoms with Crippen LogP contribution in [0.1, 0.15) is 0 Å². The number of hydrogen-bond donors (Lipinski definition) is 1. The molecule has 1 aromatic rings. The molecule has 1 atom stereocenters. The van der Waals surface area contributed by atoms with E-state index in [1.807, 2.05) is 12.1 Å². The Balaban J connectivity index is 2.01. The Hall–Kier alpha value is -1.63. The van der Waals surface area contributed by atoms with Crippen molar-refractivity contribution in [3.05, 3.63) is 12.1 Å². The van der Waals surface area contributed by atoms with Crippen molar-refractivity contribution in [2.45, 2.75) is 6.04 Å². The minimum atomic E-state index is -2.92. The van der Waals surface area contributed by atoms with E-state index in [0.29, 0.717) is 24.6 Å². The Kier molecular flexibility index (Phi) is 3.16. The molecule has 1 fully saturated rings. The maximum absolute atomic E-state index is 11.7. The summed E-state index contributed by atoms with van der Waals surface area (Å²) >= 11 is 0. The molecule has 2 heterocycles. The summed E-state index contributed by atoms with van der Waals surface area (Å²) in [6, 6.07) is 3.79. The summed E-state index contributed by atoms with van der Waals surface area (Å²) < 4.78 is 34.1. The van der Waals surface area contributed by atoms with Crippen LogP contribution in [0.3, 0.4) is 0 Å². The predicted octanol–water partition coefficient (Wildman–Crippen LogP) is 0.733. The molecule has 0 saturated carbocycles. The molecule has 1 saturated heterocycles. The van der Waals surface area contributed by atoms with Gasteiger partial charge in [-0.25, -0.2) is 8.42 Å². The number of sulfone groups is 1. The molecule has 1 unspecified atom stereocenters. The predicted molar refractivity (Wildman–Crippen MR) is 77.8 cm³/mol. The molecule has 7 heteroatoms. The quantitative estimate of drug-likeness (QED) is 0.868. The van der Waals surface area contributed by atoms with E-state index >= 15 is 0 Å². The highest BCUT2D eigenvalue weighted by Crippen LogP contribution is 2.41. The minimum Gasteiger partial charge on any atom is -0.493 e. The topological polar surface area (TPSA) is 67.9 Å². The smallest absolute Gasteiger partial charge is 0.162 e. The van der Waals surface area contributed by atoms with Crippen molar-refractivity contribution >= 4 is 21.2 Å². The number of nitrogens with one attached hydrogen (secondary N) is 1. The summed E-state index contributed by atoms with van der Waals surface area (Å²) in [4.78, 5) is 2.15. The second-order valence-electron chi connectivity index (χ2n) is 5.07. The Bertz CT molecular complexity index is 630. The highest BCUT2D eigenvalue weighted by molar-refractivity contribution is 7.91. The molecule has 0 aliphatic carbocycles. The van der Waals surface area contributed by atoms with Gasteiger partial charge in [0.2, 0.25) is 0 Å². The number of hydrogen-bond acceptors (Lipinski definition) is 6. The first kappa shape index (κ1) is 13.4. The number of nitrogens with zero attached hydrogens (tertiary/aromatic N) is 1. The fourth-order valence-electron chi connectivity index (χ4n) is 2.85. The van der Waals surface area contributed by atoms with Crippen LogP contribution >= 0.6 is 0 Å². The lowest BCUT2D eigenvalue weighted by atomic mass is 10.1. The van der Waals surface area contributed by atoms with Crippen LogP contribution < -0.4 is 19.7 Å². The minimum absolute atomic E-state index is 0.0145. The number of methoxy groups -OCH3 is 2. The molecule has 20 heavy (non-hydrogen) atoms. The van der Waals surface area contributed by atoms with Gasteiger partial charge in [-0.2, -0.15) is 0 Å². The third-order valence-corrected chi connectivity index (χ3v) is 5.57. The van der Waals surface area contributed by atoms with Crippen molar-refractivity contribution in [1.82, 2.24) is 0 Å². The third kappa shape index (κ3) is 2.15. The van der Waals surface area contributed by atoms with Gasteiger partial charge >= 0.3 is 0 Å². The normalized spacial score (nSPS) is 23.3. The zero-order valence-electron chi connectivity index (χ0n) is 11.5. The standard InChI is InChI=1S/C13H18N2O4S/c1-18-12-5-10-11(6-13(12)19-2)15-3-4-20(16,17)8-9(15)7-14-10/h5-6,9,14H,3-4,7-8H2,1-2H3. The Morgan fingerprint density at radius 1 is 1.25 bits per heavy atom. The lowest BCUT2D eigenvalue weighted by Gasteiger charge is -2.42. The molecule has 1 aromatic carbocycles. The van der Waals surface area contributed by atoms with Crippen molar-refractivity contribution in [1.29, 1.82) is 0 Å². The lowest BCUT2D eigenvalue weighted by Crippen LogP contribution is -2.54. The first-order valence-electron chi connectivity index (χ1n) is 6.51. The van der Waals surface area contributed by atoms with Crippen molar-refractivity contribution < 1.29 is 17.9 Å². The molecule has 1 N–H and O–H groups in total. The van der Waals surface area contributed by atoms with Gasteiger partial charge in [-0.15, -0.1) is 0 Å². The van der Waals surface area contributed by atoms with Crippen LogP contribution in [0, 0.1) is 0 Å². The van der Waals surface area contributed by atoms with Crippen LogP contribution in [0.5, 0.6) is 11.5 Å². The highest BCUT2D eigenvalue weighted by Gasteiger charge is 2.35. The zero-order chi connectivity index (χ0) is 14.3. The zero-order valence-corrected chi connectivity index (χ0v) is 12.4. The average Bonchev–Trinajstić information content (AvgIpc) is 2.44. The van der Waals surface area contributed by atoms with Crippen LogP contribution in [-0.2, 0) is 9.84 Å². The van der Waals surface area contributed by atoms with Gasteiger partial charge in [0.05, 0.1) is 43.1 Å². The average molecular weight is 298 g/mol. The van der Waals surface area contributed by atoms with Gasteiger partial charge in [0.15, 0.2) is 21.3 Å². The van der Waals surface area contributed by atoms with Gasteiger partial charge in [-0.05, 0) is 0 Å². The largest absolute Gasteiger partial charge is 0.493 e. The second kappa shape index (κ2) is 4.73.